The van der Waals surface area contributed by atoms with Crippen LogP contribution in [0.5, 0.6) is 11.5 Å². The van der Waals surface area contributed by atoms with Gasteiger partial charge in [-0.25, -0.2) is 0 Å². The SMILES string of the molecule is CCOc1ccc(C(C)Cl)c(NC(=O)c2cc(Cl)cc(N=NC(C(C)=O)C(=O)Nc3ccc(NC(=O)C(N=Nc4cc(Cl)cc(C(=O)Nc5cc(OCC)ccc5C(C)Cl)c4)C(C)=O)c(CCl)c3)c2)c1. The molecule has 5 aromatic rings. The van der Waals surface area contributed by atoms with Crippen LogP contribution < -0.4 is 30.7 Å². The highest BCUT2D eigenvalue weighted by Crippen LogP contribution is 2.34. The zero-order valence-electron chi connectivity index (χ0n) is 38.5. The largest absolute Gasteiger partial charge is 0.494 e. The van der Waals surface area contributed by atoms with Gasteiger partial charge in [-0.05, 0) is 125 Å². The molecule has 0 aromatic heterocycles. The van der Waals surface area contributed by atoms with Crippen LogP contribution in [0.25, 0.3) is 0 Å². The number of carbonyl (C=O) groups excluding carboxylic acids is 6. The van der Waals surface area contributed by atoms with E-state index in [1.807, 2.05) is 13.8 Å². The van der Waals surface area contributed by atoms with Crippen LogP contribution in [-0.2, 0) is 25.1 Å². The monoisotopic (exact) mass is 1050 g/mol. The second-order valence-corrected chi connectivity index (χ2v) is 17.8. The summed E-state index contributed by atoms with van der Waals surface area (Å²) < 4.78 is 11.2. The molecule has 4 unspecified atom stereocenters. The van der Waals surface area contributed by atoms with E-state index in [2.05, 4.69) is 41.7 Å². The quantitative estimate of drug-likeness (QED) is 0.0314. The number of hydrogen-bond acceptors (Lipinski definition) is 12. The fourth-order valence-electron chi connectivity index (χ4n) is 6.61. The third-order valence-corrected chi connectivity index (χ3v) is 11.1. The molecular weight excluding hydrogens is 1010 g/mol. The predicted octanol–water partition coefficient (Wildman–Crippen LogP) is 13.0. The van der Waals surface area contributed by atoms with Crippen LogP contribution in [0, 0.1) is 0 Å². The minimum Gasteiger partial charge on any atom is -0.494 e. The molecule has 0 spiro atoms. The number of rotatable bonds is 21. The summed E-state index contributed by atoms with van der Waals surface area (Å²) in [5.74, 6) is -3.22. The highest BCUT2D eigenvalue weighted by molar-refractivity contribution is 6.32. The van der Waals surface area contributed by atoms with E-state index < -0.39 is 58.0 Å². The molecule has 366 valence electrons. The van der Waals surface area contributed by atoms with E-state index >= 15 is 0 Å². The first kappa shape index (κ1) is 54.5. The fourth-order valence-corrected chi connectivity index (χ4v) is 7.67. The van der Waals surface area contributed by atoms with Gasteiger partial charge < -0.3 is 30.7 Å². The van der Waals surface area contributed by atoms with Gasteiger partial charge in [-0.1, -0.05) is 35.3 Å². The Kier molecular flexibility index (Phi) is 19.8. The molecular formula is C49H47Cl5N8O8. The molecule has 4 N–H and O–H groups in total. The highest BCUT2D eigenvalue weighted by Gasteiger charge is 2.26. The number of halogens is 5. The first-order chi connectivity index (χ1) is 33.3. The maximum atomic E-state index is 13.5. The van der Waals surface area contributed by atoms with Crippen LogP contribution in [-0.4, -0.2) is 60.5 Å². The highest BCUT2D eigenvalue weighted by atomic mass is 35.5. The topological polar surface area (TPSA) is 218 Å². The molecule has 0 aliphatic heterocycles. The van der Waals surface area contributed by atoms with Gasteiger partial charge in [0.05, 0.1) is 35.3 Å². The Balaban J connectivity index is 1.27. The van der Waals surface area contributed by atoms with E-state index in [1.165, 1.54) is 54.6 Å². The fraction of sp³-hybridized carbons (Fsp3) is 0.265. The number of anilines is 4. The lowest BCUT2D eigenvalue weighted by atomic mass is 10.1. The third kappa shape index (κ3) is 15.0. The first-order valence-corrected chi connectivity index (χ1v) is 23.7. The first-order valence-electron chi connectivity index (χ1n) is 21.5. The number of hydrogen-bond donors (Lipinski definition) is 4. The normalized spacial score (nSPS) is 13.0. The summed E-state index contributed by atoms with van der Waals surface area (Å²) in [6, 6.07) is 19.7. The van der Waals surface area contributed by atoms with Crippen LogP contribution in [0.4, 0.5) is 34.1 Å². The Hall–Kier alpha value is -6.43. The Morgan fingerprint density at radius 2 is 1.00 bits per heavy atom. The third-order valence-electron chi connectivity index (χ3n) is 9.93. The van der Waals surface area contributed by atoms with Crippen molar-refractivity contribution in [2.75, 3.05) is 34.5 Å². The molecule has 0 saturated carbocycles. The lowest BCUT2D eigenvalue weighted by Crippen LogP contribution is -2.32. The molecule has 0 aliphatic carbocycles. The lowest BCUT2D eigenvalue weighted by molar-refractivity contribution is -0.127. The standard InChI is InChI=1S/C49H47Cl5N8O8/c1-7-69-37-10-12-39(25(3)51)42(22-37)57-46(65)29-15-32(53)20-35(17-29)59-61-44(27(5)63)48(67)55-34-9-14-41(31(19-34)24-50)56-49(68)45(28(6)64)62-60-36-18-30(16-33(54)21-36)47(66)58-43-23-38(70-8-2)11-13-40(43)26(4)52/h9-23,25-26,44-45H,7-8,24H2,1-6H3,(H,55,67)(H,56,68)(H,57,65)(H,58,66). The zero-order chi connectivity index (χ0) is 51.2. The molecule has 4 atom stereocenters. The molecule has 16 nitrogen and oxygen atoms in total. The van der Waals surface area contributed by atoms with E-state index in [-0.39, 0.29) is 49.8 Å². The van der Waals surface area contributed by atoms with Gasteiger partial charge in [-0.2, -0.15) is 20.5 Å². The summed E-state index contributed by atoms with van der Waals surface area (Å²) in [5, 5.41) is 26.4. The van der Waals surface area contributed by atoms with E-state index in [1.54, 1.807) is 50.2 Å². The summed E-state index contributed by atoms with van der Waals surface area (Å²) in [4.78, 5) is 79.1. The van der Waals surface area contributed by atoms with Crippen molar-refractivity contribution in [2.24, 2.45) is 20.5 Å². The molecule has 0 aliphatic rings. The van der Waals surface area contributed by atoms with Gasteiger partial charge in [0.15, 0.2) is 11.6 Å². The molecule has 5 rings (SSSR count). The van der Waals surface area contributed by atoms with Crippen molar-refractivity contribution in [2.45, 2.75) is 70.3 Å². The Morgan fingerprint density at radius 3 is 1.40 bits per heavy atom. The average molecular weight is 1050 g/mol. The van der Waals surface area contributed by atoms with Crippen molar-refractivity contribution < 1.29 is 38.2 Å². The van der Waals surface area contributed by atoms with Gasteiger partial charge in [-0.3, -0.25) is 28.8 Å². The van der Waals surface area contributed by atoms with E-state index in [0.717, 1.165) is 13.8 Å². The molecule has 4 amide bonds. The molecule has 0 bridgehead atoms. The Bertz CT molecular complexity index is 2860. The number of carbonyl (C=O) groups is 6. The van der Waals surface area contributed by atoms with Gasteiger partial charge in [0.2, 0.25) is 12.1 Å². The summed E-state index contributed by atoms with van der Waals surface area (Å²) in [7, 11) is 0. The van der Waals surface area contributed by atoms with Crippen molar-refractivity contribution in [3.8, 4) is 11.5 Å². The number of ether oxygens (including phenoxy) is 2. The number of azo groups is 2. The maximum absolute atomic E-state index is 13.5. The van der Waals surface area contributed by atoms with Crippen LogP contribution in [0.2, 0.25) is 10.0 Å². The Morgan fingerprint density at radius 1 is 0.557 bits per heavy atom. The molecule has 0 saturated heterocycles. The second kappa shape index (κ2) is 25.4. The number of nitrogens with zero attached hydrogens (tertiary/aromatic N) is 4. The molecule has 70 heavy (non-hydrogen) atoms. The van der Waals surface area contributed by atoms with Crippen molar-refractivity contribution in [3.63, 3.8) is 0 Å². The summed E-state index contributed by atoms with van der Waals surface area (Å²) in [6.45, 7) is 10.3. The van der Waals surface area contributed by atoms with E-state index in [9.17, 15) is 28.8 Å². The number of benzene rings is 5. The number of Topliss-reactive ketones (excluding diaryl/α,β-unsaturated/α-hetero) is 2. The Labute approximate surface area is 428 Å². The smallest absolute Gasteiger partial charge is 0.258 e. The van der Waals surface area contributed by atoms with Crippen molar-refractivity contribution in [3.05, 3.63) is 129 Å². The van der Waals surface area contributed by atoms with E-state index in [4.69, 9.17) is 67.5 Å². The molecule has 21 heteroatoms. The molecule has 0 radical (unpaired) electrons. The predicted molar refractivity (Wildman–Crippen MR) is 274 cm³/mol. The van der Waals surface area contributed by atoms with Crippen LogP contribution >= 0.6 is 58.0 Å². The van der Waals surface area contributed by atoms with Gasteiger partial charge in [0, 0.05) is 61.9 Å². The number of ketones is 2. The average Bonchev–Trinajstić information content (AvgIpc) is 3.29. The summed E-state index contributed by atoms with van der Waals surface area (Å²) in [5.41, 5.74) is 3.21. The van der Waals surface area contributed by atoms with Gasteiger partial charge in [0.25, 0.3) is 23.6 Å². The minimum absolute atomic E-state index is 0.0763. The number of amides is 4. The van der Waals surface area contributed by atoms with Crippen LogP contribution in [0.1, 0.15) is 89.7 Å². The molecule has 0 heterocycles. The molecule has 5 aromatic carbocycles. The van der Waals surface area contributed by atoms with Crippen LogP contribution in [0.15, 0.2) is 111 Å². The van der Waals surface area contributed by atoms with Gasteiger partial charge in [0.1, 0.15) is 11.5 Å². The maximum Gasteiger partial charge on any atom is 0.258 e. The van der Waals surface area contributed by atoms with Crippen molar-refractivity contribution >= 4 is 127 Å². The lowest BCUT2D eigenvalue weighted by Gasteiger charge is -2.15. The molecule has 0 fully saturated rings. The minimum atomic E-state index is -1.63. The number of alkyl halides is 3. The van der Waals surface area contributed by atoms with Crippen LogP contribution in [0.3, 0.4) is 0 Å². The second-order valence-electron chi connectivity index (χ2n) is 15.3. The van der Waals surface area contributed by atoms with Gasteiger partial charge in [-0.15, -0.1) is 34.8 Å². The zero-order valence-corrected chi connectivity index (χ0v) is 42.3. The number of nitrogens with one attached hydrogen (secondary N) is 4. The summed E-state index contributed by atoms with van der Waals surface area (Å²) in [6.07, 6.45) is 0. The van der Waals surface area contributed by atoms with E-state index in [0.29, 0.717) is 52.8 Å². The van der Waals surface area contributed by atoms with Crippen molar-refractivity contribution in [1.82, 2.24) is 0 Å². The van der Waals surface area contributed by atoms with Gasteiger partial charge >= 0.3 is 0 Å². The van der Waals surface area contributed by atoms with Crippen molar-refractivity contribution in [1.29, 1.82) is 0 Å². The summed E-state index contributed by atoms with van der Waals surface area (Å²) >= 11 is 31.7.